The highest BCUT2D eigenvalue weighted by Gasteiger charge is 2.31. The number of ether oxygens (including phenoxy) is 1. The number of alkyl halides is 3. The average molecular weight is 264 g/mol. The van der Waals surface area contributed by atoms with Crippen LogP contribution in [0.2, 0.25) is 0 Å². The molecule has 0 aliphatic rings. The van der Waals surface area contributed by atoms with Crippen LogP contribution in [0.4, 0.5) is 13.2 Å². The lowest BCUT2D eigenvalue weighted by atomic mass is 10.1. The molecular weight excluding hydrogens is 251 g/mol. The van der Waals surface area contributed by atoms with Gasteiger partial charge >= 0.3 is 6.36 Å². The van der Waals surface area contributed by atoms with Crippen LogP contribution in [0.3, 0.4) is 0 Å². The maximum absolute atomic E-state index is 12.0. The maximum Gasteiger partial charge on any atom is 0.573 e. The molecule has 0 heterocycles. The maximum atomic E-state index is 12.0. The van der Waals surface area contributed by atoms with Crippen LogP contribution in [-0.2, 0) is 19.0 Å². The lowest BCUT2D eigenvalue weighted by molar-refractivity contribution is -0.275. The molecule has 17 heavy (non-hydrogen) atoms. The summed E-state index contributed by atoms with van der Waals surface area (Å²) in [6.45, 7) is 0.607. The van der Waals surface area contributed by atoms with Crippen molar-refractivity contribution in [2.75, 3.05) is 6.54 Å². The number of aryl methyl sites for hydroxylation is 1. The zero-order valence-electron chi connectivity index (χ0n) is 9.09. The summed E-state index contributed by atoms with van der Waals surface area (Å²) in [5, 5.41) is 0. The van der Waals surface area contributed by atoms with Crippen molar-refractivity contribution in [3.8, 4) is 5.75 Å². The van der Waals surface area contributed by atoms with Gasteiger partial charge in [0.1, 0.15) is 5.75 Å². The highest BCUT2D eigenvalue weighted by Crippen LogP contribution is 2.27. The molecule has 1 rings (SSSR count). The molecule has 6 heteroatoms. The molecular formula is C11H13F3NOS-. The highest BCUT2D eigenvalue weighted by molar-refractivity contribution is 7.59. The Morgan fingerprint density at radius 2 is 1.94 bits per heavy atom. The summed E-state index contributed by atoms with van der Waals surface area (Å²) in [6.07, 6.45) is -2.17. The normalized spacial score (nSPS) is 11.5. The minimum Gasteiger partial charge on any atom is -0.776 e. The molecule has 0 aliphatic carbocycles. The van der Waals surface area contributed by atoms with Gasteiger partial charge in [-0.3, -0.25) is 0 Å². The second kappa shape index (κ2) is 6.07. The van der Waals surface area contributed by atoms with Crippen molar-refractivity contribution in [1.29, 1.82) is 0 Å². The molecule has 96 valence electrons. The molecule has 2 nitrogen and oxygen atoms in total. The van der Waals surface area contributed by atoms with Crippen LogP contribution in [0.15, 0.2) is 23.1 Å². The number of unbranched alkanes of at least 4 members (excludes halogenated alkanes) is 1. The van der Waals surface area contributed by atoms with Crippen molar-refractivity contribution in [3.05, 3.63) is 23.8 Å². The number of halogens is 3. The van der Waals surface area contributed by atoms with Crippen LogP contribution < -0.4 is 10.5 Å². The summed E-state index contributed by atoms with van der Waals surface area (Å²) < 4.78 is 39.8. The van der Waals surface area contributed by atoms with Crippen molar-refractivity contribution in [2.24, 2.45) is 5.73 Å². The fourth-order valence-corrected chi connectivity index (χ4v) is 1.65. The molecule has 0 unspecified atom stereocenters. The van der Waals surface area contributed by atoms with Crippen LogP contribution >= 0.6 is 0 Å². The molecule has 0 saturated carbocycles. The molecule has 0 radical (unpaired) electrons. The van der Waals surface area contributed by atoms with E-state index >= 15 is 0 Å². The Morgan fingerprint density at radius 1 is 1.24 bits per heavy atom. The third-order valence-electron chi connectivity index (χ3n) is 2.15. The third-order valence-corrected chi connectivity index (χ3v) is 2.47. The Morgan fingerprint density at radius 3 is 2.47 bits per heavy atom. The minimum atomic E-state index is -4.70. The Labute approximate surface area is 103 Å². The van der Waals surface area contributed by atoms with E-state index in [-0.39, 0.29) is 10.6 Å². The summed E-state index contributed by atoms with van der Waals surface area (Å²) in [5.74, 6) is -0.324. The fraction of sp³-hybridized carbons (Fsp3) is 0.455. The summed E-state index contributed by atoms with van der Waals surface area (Å²) >= 11 is 4.84. The third kappa shape index (κ3) is 5.23. The van der Waals surface area contributed by atoms with Gasteiger partial charge in [-0.2, -0.15) is 0 Å². The Hall–Kier alpha value is -1.01. The smallest absolute Gasteiger partial charge is 0.573 e. The molecule has 2 N–H and O–H groups in total. The van der Waals surface area contributed by atoms with Crippen molar-refractivity contribution in [3.63, 3.8) is 0 Å². The van der Waals surface area contributed by atoms with Gasteiger partial charge in [0.2, 0.25) is 0 Å². The summed E-state index contributed by atoms with van der Waals surface area (Å²) in [4.78, 5) is 0.0765. The lowest BCUT2D eigenvalue weighted by Crippen LogP contribution is -2.17. The molecule has 1 aromatic carbocycles. The Balaban J connectivity index is 2.66. The number of benzene rings is 1. The zero-order chi connectivity index (χ0) is 12.9. The van der Waals surface area contributed by atoms with Crippen molar-refractivity contribution >= 4 is 12.6 Å². The van der Waals surface area contributed by atoms with E-state index in [1.54, 1.807) is 6.07 Å². The van der Waals surface area contributed by atoms with E-state index in [4.69, 9.17) is 18.4 Å². The van der Waals surface area contributed by atoms with Gasteiger partial charge in [-0.1, -0.05) is 12.1 Å². The molecule has 0 amide bonds. The van der Waals surface area contributed by atoms with Crippen molar-refractivity contribution < 1.29 is 17.9 Å². The molecule has 0 spiro atoms. The predicted octanol–water partition coefficient (Wildman–Crippen LogP) is 2.77. The molecule has 0 bridgehead atoms. The SMILES string of the molecule is NCCCCc1ccc(OC(F)(F)F)c([S-])c1. The zero-order valence-corrected chi connectivity index (χ0v) is 9.90. The first kappa shape index (κ1) is 14.1. The van der Waals surface area contributed by atoms with Gasteiger partial charge in [-0.25, -0.2) is 0 Å². The number of nitrogens with two attached hydrogens (primary N) is 1. The molecule has 0 saturated heterocycles. The van der Waals surface area contributed by atoms with E-state index in [1.807, 2.05) is 0 Å². The second-order valence-corrected chi connectivity index (χ2v) is 4.01. The van der Waals surface area contributed by atoms with Gasteiger partial charge in [-0.15, -0.1) is 18.1 Å². The summed E-state index contributed by atoms with van der Waals surface area (Å²) in [7, 11) is 0. The number of hydrogen-bond donors (Lipinski definition) is 1. The van der Waals surface area contributed by atoms with E-state index in [2.05, 4.69) is 4.74 Å². The summed E-state index contributed by atoms with van der Waals surface area (Å²) in [5.41, 5.74) is 6.25. The van der Waals surface area contributed by atoms with E-state index in [0.717, 1.165) is 24.8 Å². The Bertz CT molecular complexity index is 368. The van der Waals surface area contributed by atoms with Gasteiger partial charge < -0.3 is 23.1 Å². The molecule has 0 atom stereocenters. The molecule has 0 aromatic heterocycles. The van der Waals surface area contributed by atoms with Crippen molar-refractivity contribution in [2.45, 2.75) is 30.5 Å². The van der Waals surface area contributed by atoms with E-state index in [9.17, 15) is 13.2 Å². The van der Waals surface area contributed by atoms with Crippen LogP contribution in [0.5, 0.6) is 5.75 Å². The van der Waals surface area contributed by atoms with Gasteiger partial charge in [0.05, 0.1) is 0 Å². The van der Waals surface area contributed by atoms with Gasteiger partial charge in [0, 0.05) is 0 Å². The van der Waals surface area contributed by atoms with Crippen LogP contribution in [0.25, 0.3) is 0 Å². The first-order valence-electron chi connectivity index (χ1n) is 5.18. The average Bonchev–Trinajstić information content (AvgIpc) is 2.21. The quantitative estimate of drug-likeness (QED) is 0.656. The van der Waals surface area contributed by atoms with E-state index < -0.39 is 6.36 Å². The predicted molar refractivity (Wildman–Crippen MR) is 60.7 cm³/mol. The standard InChI is InChI=1S/C11H14F3NOS/c12-11(13,14)16-9-5-4-8(7-10(9)17)3-1-2-6-15/h4-5,7,17H,1-3,6,15H2/p-1. The topological polar surface area (TPSA) is 35.2 Å². The van der Waals surface area contributed by atoms with Crippen molar-refractivity contribution in [1.82, 2.24) is 0 Å². The molecule has 1 aromatic rings. The van der Waals surface area contributed by atoms with Gasteiger partial charge in [0.15, 0.2) is 0 Å². The first-order chi connectivity index (χ1) is 7.92. The minimum absolute atomic E-state index is 0.0765. The van der Waals surface area contributed by atoms with E-state index in [1.165, 1.54) is 12.1 Å². The number of rotatable bonds is 5. The van der Waals surface area contributed by atoms with Crippen LogP contribution in [0, 0.1) is 0 Å². The second-order valence-electron chi connectivity index (χ2n) is 3.57. The monoisotopic (exact) mass is 264 g/mol. The first-order valence-corrected chi connectivity index (χ1v) is 5.59. The van der Waals surface area contributed by atoms with E-state index in [0.29, 0.717) is 6.54 Å². The highest BCUT2D eigenvalue weighted by atomic mass is 32.1. The van der Waals surface area contributed by atoms with Gasteiger partial charge in [-0.05, 0) is 37.4 Å². The summed E-state index contributed by atoms with van der Waals surface area (Å²) in [6, 6.07) is 4.38. The molecule has 0 aliphatic heterocycles. The Kier molecular flexibility index (Phi) is 5.02. The van der Waals surface area contributed by atoms with Gasteiger partial charge in [0.25, 0.3) is 0 Å². The lowest BCUT2D eigenvalue weighted by Gasteiger charge is -2.17. The largest absolute Gasteiger partial charge is 0.776 e. The van der Waals surface area contributed by atoms with Crippen LogP contribution in [0.1, 0.15) is 18.4 Å². The fourth-order valence-electron chi connectivity index (χ4n) is 1.39. The molecule has 0 fully saturated rings. The number of hydrogen-bond acceptors (Lipinski definition) is 3. The van der Waals surface area contributed by atoms with Crippen LogP contribution in [-0.4, -0.2) is 12.9 Å².